The maximum Gasteiger partial charge on any atom is 0.490 e. The van der Waals surface area contributed by atoms with E-state index in [9.17, 15) is 33.7 Å². The number of ether oxygens (including phenoxy) is 1. The van der Waals surface area contributed by atoms with E-state index in [0.29, 0.717) is 16.9 Å². The molecule has 0 spiro atoms. The smallest absolute Gasteiger partial charge is 0.387 e. The average molecular weight is 534 g/mol. The molecule has 0 radical (unpaired) electrons. The number of hydrogen-bond donors (Lipinski definition) is 7. The molecular weight excluding hydrogens is 513 g/mol. The molecule has 33 heavy (non-hydrogen) atoms. The van der Waals surface area contributed by atoms with Crippen molar-refractivity contribution in [3.8, 4) is 0 Å². The minimum atomic E-state index is -5.70. The summed E-state index contributed by atoms with van der Waals surface area (Å²) >= 11 is 0. The second-order valence-electron chi connectivity index (χ2n) is 7.02. The van der Waals surface area contributed by atoms with Gasteiger partial charge in [0.05, 0.1) is 12.0 Å². The minimum absolute atomic E-state index is 0.334. The SMILES string of the molecule is CNc1ncnc2c1ccn2[C@@H]1O[C@H](COP(=O)(O)OP(=O)(O)OP(=O)(O)O)[C@@H](O)[C@@]1(C)O. The Labute approximate surface area is 185 Å². The number of aromatic nitrogens is 3. The van der Waals surface area contributed by atoms with Crippen LogP contribution < -0.4 is 5.32 Å². The molecule has 1 aliphatic heterocycles. The Balaban J connectivity index is 1.76. The van der Waals surface area contributed by atoms with Gasteiger partial charge in [0.2, 0.25) is 0 Å². The number of nitrogens with one attached hydrogen (secondary N) is 1. The lowest BCUT2D eigenvalue weighted by molar-refractivity contribution is -0.0947. The topological polar surface area (TPSA) is 252 Å². The molecule has 1 aliphatic rings. The molecule has 7 N–H and O–H groups in total. The Hall–Kier alpha value is -1.29. The monoisotopic (exact) mass is 534 g/mol. The summed E-state index contributed by atoms with van der Waals surface area (Å²) in [6, 6.07) is 1.63. The summed E-state index contributed by atoms with van der Waals surface area (Å²) in [5, 5.41) is 24.8. The van der Waals surface area contributed by atoms with Crippen LogP contribution in [-0.4, -0.2) is 75.8 Å². The first kappa shape index (κ1) is 26.3. The van der Waals surface area contributed by atoms with Crippen molar-refractivity contribution in [1.29, 1.82) is 0 Å². The fourth-order valence-corrected chi connectivity index (χ4v) is 6.24. The lowest BCUT2D eigenvalue weighted by Gasteiger charge is -2.27. The highest BCUT2D eigenvalue weighted by Gasteiger charge is 2.54. The number of aliphatic hydroxyl groups is 2. The molecule has 2 aromatic heterocycles. The van der Waals surface area contributed by atoms with Gasteiger partial charge in [0.1, 0.15) is 35.6 Å². The molecule has 0 amide bonds. The van der Waals surface area contributed by atoms with Crippen LogP contribution in [0.4, 0.5) is 5.82 Å². The molecule has 186 valence electrons. The molecule has 3 heterocycles. The van der Waals surface area contributed by atoms with Gasteiger partial charge in [-0.15, -0.1) is 0 Å². The van der Waals surface area contributed by atoms with Crippen molar-refractivity contribution >= 4 is 40.3 Å². The van der Waals surface area contributed by atoms with Gasteiger partial charge in [-0.3, -0.25) is 4.52 Å². The van der Waals surface area contributed by atoms with Gasteiger partial charge in [0.25, 0.3) is 0 Å². The lowest BCUT2D eigenvalue weighted by atomic mass is 9.96. The van der Waals surface area contributed by atoms with Crippen LogP contribution in [0, 0.1) is 0 Å². The van der Waals surface area contributed by atoms with E-state index in [4.69, 9.17) is 14.5 Å². The Morgan fingerprint density at radius 2 is 1.85 bits per heavy atom. The van der Waals surface area contributed by atoms with Gasteiger partial charge in [-0.2, -0.15) is 8.62 Å². The highest BCUT2D eigenvalue weighted by Crippen LogP contribution is 2.66. The molecule has 0 bridgehead atoms. The number of phosphoric ester groups is 1. The van der Waals surface area contributed by atoms with E-state index >= 15 is 0 Å². The van der Waals surface area contributed by atoms with Crippen LogP contribution in [0.25, 0.3) is 11.0 Å². The standard InChI is InChI=1S/C13H21N4O13P3/c1-13(19)9(18)8(5-27-32(23,24)30-33(25,26)29-31(20,21)22)28-12(13)17-4-3-7-10(14-2)15-6-16-11(7)17/h3-4,6,8-9,12,18-19H,5H2,1-2H3,(H,23,24)(H,25,26)(H,14,15,16)(H2,20,21,22)/t8-,9-,12-,13-/m1/s1. The van der Waals surface area contributed by atoms with Crippen LogP contribution in [0.2, 0.25) is 0 Å². The van der Waals surface area contributed by atoms with Gasteiger partial charge in [-0.05, 0) is 13.0 Å². The molecule has 0 aromatic carbocycles. The third-order valence-electron chi connectivity index (χ3n) is 4.57. The molecular formula is C13H21N4O13P3. The molecule has 3 rings (SSSR count). The van der Waals surface area contributed by atoms with E-state index < -0.39 is 54.1 Å². The van der Waals surface area contributed by atoms with Crippen LogP contribution in [0.15, 0.2) is 18.6 Å². The first-order valence-corrected chi connectivity index (χ1v) is 13.4. The molecule has 1 fully saturated rings. The fourth-order valence-electron chi connectivity index (χ4n) is 3.21. The first-order valence-electron chi connectivity index (χ1n) is 8.90. The zero-order chi connectivity index (χ0) is 24.8. The van der Waals surface area contributed by atoms with E-state index in [-0.39, 0.29) is 0 Å². The average Bonchev–Trinajstić information content (AvgIpc) is 3.16. The molecule has 17 nitrogen and oxygen atoms in total. The van der Waals surface area contributed by atoms with Crippen molar-refractivity contribution in [3.05, 3.63) is 18.6 Å². The normalized spacial score (nSPS) is 29.6. The Kier molecular flexibility index (Phi) is 7.22. The number of fused-ring (bicyclic) bond motifs is 1. The summed E-state index contributed by atoms with van der Waals surface area (Å²) < 4.78 is 52.7. The molecule has 6 atom stereocenters. The number of anilines is 1. The third-order valence-corrected chi connectivity index (χ3v) is 8.37. The van der Waals surface area contributed by atoms with E-state index in [1.165, 1.54) is 24.0 Å². The van der Waals surface area contributed by atoms with Gasteiger partial charge in [0.15, 0.2) is 6.23 Å². The van der Waals surface area contributed by atoms with Gasteiger partial charge in [-0.1, -0.05) is 0 Å². The predicted molar refractivity (Wildman–Crippen MR) is 107 cm³/mol. The first-order chi connectivity index (χ1) is 15.1. The van der Waals surface area contributed by atoms with Crippen LogP contribution in [0.5, 0.6) is 0 Å². The van der Waals surface area contributed by atoms with Crippen LogP contribution in [0.1, 0.15) is 13.2 Å². The van der Waals surface area contributed by atoms with Crippen molar-refractivity contribution < 1.29 is 61.4 Å². The van der Waals surface area contributed by atoms with Crippen LogP contribution in [-0.2, 0) is 31.6 Å². The summed E-state index contributed by atoms with van der Waals surface area (Å²) in [7, 11) is -15.0. The quantitative estimate of drug-likeness (QED) is 0.206. The highest BCUT2D eigenvalue weighted by atomic mass is 31.3. The molecule has 0 saturated carbocycles. The molecule has 1 saturated heterocycles. The zero-order valence-corrected chi connectivity index (χ0v) is 19.6. The molecule has 2 aromatic rings. The molecule has 20 heteroatoms. The van der Waals surface area contributed by atoms with Crippen molar-refractivity contribution in [3.63, 3.8) is 0 Å². The maximum absolute atomic E-state index is 11.9. The number of hydrogen-bond acceptors (Lipinski definition) is 12. The summed E-state index contributed by atoms with van der Waals surface area (Å²) in [4.78, 5) is 44.0. The van der Waals surface area contributed by atoms with Crippen molar-refractivity contribution in [2.45, 2.75) is 31.0 Å². The Morgan fingerprint density at radius 1 is 1.18 bits per heavy atom. The van der Waals surface area contributed by atoms with Crippen molar-refractivity contribution in [2.75, 3.05) is 19.0 Å². The molecule has 0 aliphatic carbocycles. The maximum atomic E-state index is 11.9. The summed E-state index contributed by atoms with van der Waals surface area (Å²) in [5.74, 6) is 0.487. The van der Waals surface area contributed by atoms with Crippen molar-refractivity contribution in [1.82, 2.24) is 14.5 Å². The lowest BCUT2D eigenvalue weighted by Crippen LogP contribution is -2.44. The van der Waals surface area contributed by atoms with Gasteiger partial charge < -0.3 is 44.4 Å². The van der Waals surface area contributed by atoms with Gasteiger partial charge in [0, 0.05) is 13.2 Å². The van der Waals surface area contributed by atoms with Crippen molar-refractivity contribution in [2.24, 2.45) is 0 Å². The second-order valence-corrected chi connectivity index (χ2v) is 11.4. The van der Waals surface area contributed by atoms with E-state index in [1.807, 2.05) is 0 Å². The van der Waals surface area contributed by atoms with Crippen LogP contribution >= 0.6 is 23.5 Å². The van der Waals surface area contributed by atoms with Gasteiger partial charge >= 0.3 is 23.5 Å². The molecule has 2 unspecified atom stereocenters. The predicted octanol–water partition coefficient (Wildman–Crippen LogP) is -0.174. The Bertz CT molecular complexity index is 1170. The van der Waals surface area contributed by atoms with E-state index in [1.54, 1.807) is 13.1 Å². The largest absolute Gasteiger partial charge is 0.490 e. The van der Waals surface area contributed by atoms with Crippen LogP contribution in [0.3, 0.4) is 0 Å². The summed E-state index contributed by atoms with van der Waals surface area (Å²) in [5.41, 5.74) is -1.62. The Morgan fingerprint density at radius 3 is 2.45 bits per heavy atom. The highest BCUT2D eigenvalue weighted by molar-refractivity contribution is 7.66. The number of rotatable bonds is 9. The van der Waals surface area contributed by atoms with Gasteiger partial charge in [-0.25, -0.2) is 23.7 Å². The van der Waals surface area contributed by atoms with E-state index in [2.05, 4.69) is 28.4 Å². The summed E-state index contributed by atoms with van der Waals surface area (Å²) in [6.45, 7) is 0.298. The zero-order valence-electron chi connectivity index (χ0n) is 16.9. The second kappa shape index (κ2) is 9.06. The number of aliphatic hydroxyl groups excluding tert-OH is 1. The minimum Gasteiger partial charge on any atom is -0.387 e. The number of phosphoric acid groups is 3. The number of nitrogens with zero attached hydrogens (tertiary/aromatic N) is 3. The third kappa shape index (κ3) is 5.86. The summed E-state index contributed by atoms with van der Waals surface area (Å²) in [6.07, 6.45) is -1.61. The fraction of sp³-hybridized carbons (Fsp3) is 0.538. The van der Waals surface area contributed by atoms with E-state index in [0.717, 1.165) is 0 Å².